The van der Waals surface area contributed by atoms with Crippen LogP contribution < -0.4 is 0 Å². The number of esters is 1. The highest BCUT2D eigenvalue weighted by Crippen LogP contribution is 2.28. The Morgan fingerprint density at radius 3 is 1.67 bits per heavy atom. The highest BCUT2D eigenvalue weighted by molar-refractivity contribution is 5.90. The van der Waals surface area contributed by atoms with Crippen molar-refractivity contribution in [3.63, 3.8) is 0 Å². The zero-order valence-electron chi connectivity index (χ0n) is 27.2. The Labute approximate surface area is 261 Å². The molecular formula is C35H64O8. The van der Waals surface area contributed by atoms with Crippen LogP contribution in [0.5, 0.6) is 0 Å². The van der Waals surface area contributed by atoms with Crippen LogP contribution in [0.25, 0.3) is 0 Å². The van der Waals surface area contributed by atoms with Crippen molar-refractivity contribution >= 4 is 5.97 Å². The maximum Gasteiger partial charge on any atom is 0.334 e. The maximum absolute atomic E-state index is 11.7. The summed E-state index contributed by atoms with van der Waals surface area (Å²) in [6.45, 7) is 4.02. The lowest BCUT2D eigenvalue weighted by molar-refractivity contribution is -0.139. The molecule has 0 spiro atoms. The zero-order valence-corrected chi connectivity index (χ0v) is 27.2. The van der Waals surface area contributed by atoms with Gasteiger partial charge in [0.2, 0.25) is 0 Å². The van der Waals surface area contributed by atoms with Gasteiger partial charge in [-0.2, -0.15) is 0 Å². The fourth-order valence-corrected chi connectivity index (χ4v) is 6.45. The van der Waals surface area contributed by atoms with Gasteiger partial charge in [-0.15, -0.1) is 0 Å². The van der Waals surface area contributed by atoms with E-state index in [0.717, 1.165) is 44.9 Å². The molecule has 8 nitrogen and oxygen atoms in total. The highest BCUT2D eigenvalue weighted by atomic mass is 16.5. The largest absolute Gasteiger partial charge is 0.455 e. The Bertz CT molecular complexity index is 758. The van der Waals surface area contributed by atoms with Gasteiger partial charge < -0.3 is 35.0 Å². The molecule has 0 amide bonds. The molecule has 0 aromatic heterocycles. The lowest BCUT2D eigenvalue weighted by Crippen LogP contribution is -2.31. The third-order valence-electron chi connectivity index (χ3n) is 9.16. The van der Waals surface area contributed by atoms with Gasteiger partial charge in [-0.25, -0.2) is 4.79 Å². The highest BCUT2D eigenvalue weighted by Gasteiger charge is 2.34. The molecule has 1 saturated heterocycles. The van der Waals surface area contributed by atoms with E-state index in [4.69, 9.17) is 9.47 Å². The smallest absolute Gasteiger partial charge is 0.334 e. The molecule has 0 aromatic rings. The van der Waals surface area contributed by atoms with Gasteiger partial charge in [0.25, 0.3) is 0 Å². The number of carbonyl (C=O) groups is 1. The number of aliphatic hydroxyl groups is 5. The number of carbonyl (C=O) groups excluding carboxylic acids is 1. The molecule has 2 aliphatic heterocycles. The molecule has 43 heavy (non-hydrogen) atoms. The minimum atomic E-state index is -0.728. The summed E-state index contributed by atoms with van der Waals surface area (Å²) in [5, 5.41) is 52.0. The summed E-state index contributed by atoms with van der Waals surface area (Å²) < 4.78 is 11.1. The van der Waals surface area contributed by atoms with Crippen molar-refractivity contribution in [3.8, 4) is 0 Å². The van der Waals surface area contributed by atoms with E-state index >= 15 is 0 Å². The second-order valence-electron chi connectivity index (χ2n) is 13.3. The first-order chi connectivity index (χ1) is 20.7. The summed E-state index contributed by atoms with van der Waals surface area (Å²) >= 11 is 0. The molecule has 0 saturated carbocycles. The molecule has 2 rings (SSSR count). The predicted octanol–water partition coefficient (Wildman–Crippen LogP) is 6.03. The quantitative estimate of drug-likeness (QED) is 0.0590. The van der Waals surface area contributed by atoms with Gasteiger partial charge >= 0.3 is 5.97 Å². The number of unbranched alkanes of at least 4 members (excludes halogenated alkanes) is 11. The van der Waals surface area contributed by atoms with E-state index in [-0.39, 0.29) is 37.1 Å². The van der Waals surface area contributed by atoms with Crippen LogP contribution in [0.1, 0.15) is 155 Å². The number of aliphatic hydroxyl groups excluding tert-OH is 5. The molecule has 5 N–H and O–H groups in total. The fraction of sp³-hybridized carbons (Fsp3) is 0.914. The summed E-state index contributed by atoms with van der Waals surface area (Å²) in [4.78, 5) is 11.7. The van der Waals surface area contributed by atoms with Crippen molar-refractivity contribution < 1.29 is 39.8 Å². The number of rotatable bonds is 26. The van der Waals surface area contributed by atoms with Crippen molar-refractivity contribution in [1.82, 2.24) is 0 Å². The van der Waals surface area contributed by atoms with E-state index in [1.54, 1.807) is 13.0 Å². The standard InChI is InChI=1S/C35H64O8/c1-3-4-5-6-7-8-9-10-11-14-17-31(39)33-21-22-34(43-33)32(40)18-15-12-13-16-28(36)25-30(38)20-19-29(37)24-27-23-26(2)42-35(27)41/h23,26,28-34,36-40H,3-22,24-25H2,1-2H3. The van der Waals surface area contributed by atoms with Crippen LogP contribution in [-0.4, -0.2) is 80.3 Å². The van der Waals surface area contributed by atoms with Crippen LogP contribution in [0.15, 0.2) is 11.6 Å². The zero-order chi connectivity index (χ0) is 31.5. The number of hydrogen-bond donors (Lipinski definition) is 5. The number of hydrogen-bond acceptors (Lipinski definition) is 8. The van der Waals surface area contributed by atoms with Crippen molar-refractivity contribution in [2.45, 2.75) is 204 Å². The summed E-state index contributed by atoms with van der Waals surface area (Å²) in [5.74, 6) is -0.386. The molecule has 2 aliphatic rings. The molecule has 8 unspecified atom stereocenters. The van der Waals surface area contributed by atoms with E-state index in [1.807, 2.05) is 0 Å². The van der Waals surface area contributed by atoms with Gasteiger partial charge in [-0.05, 0) is 64.4 Å². The van der Waals surface area contributed by atoms with E-state index in [9.17, 15) is 30.3 Å². The molecule has 0 bridgehead atoms. The number of ether oxygens (including phenoxy) is 2. The fourth-order valence-electron chi connectivity index (χ4n) is 6.45. The van der Waals surface area contributed by atoms with Gasteiger partial charge in [-0.3, -0.25) is 0 Å². The summed E-state index contributed by atoms with van der Waals surface area (Å²) in [7, 11) is 0. The van der Waals surface area contributed by atoms with Crippen LogP contribution in [0.4, 0.5) is 0 Å². The molecule has 8 heteroatoms. The van der Waals surface area contributed by atoms with Crippen LogP contribution >= 0.6 is 0 Å². The molecule has 8 atom stereocenters. The van der Waals surface area contributed by atoms with Crippen LogP contribution in [0.3, 0.4) is 0 Å². The van der Waals surface area contributed by atoms with Crippen molar-refractivity contribution in [2.24, 2.45) is 0 Å². The van der Waals surface area contributed by atoms with Crippen LogP contribution in [-0.2, 0) is 14.3 Å². The van der Waals surface area contributed by atoms with Gasteiger partial charge in [0, 0.05) is 12.0 Å². The minimum Gasteiger partial charge on any atom is -0.455 e. The second kappa shape index (κ2) is 22.5. The lowest BCUT2D eigenvalue weighted by atomic mass is 9.97. The van der Waals surface area contributed by atoms with Gasteiger partial charge in [0.1, 0.15) is 6.10 Å². The van der Waals surface area contributed by atoms with Crippen LogP contribution in [0, 0.1) is 0 Å². The summed E-state index contributed by atoms with van der Waals surface area (Å²) in [6.07, 6.45) is 18.2. The Morgan fingerprint density at radius 2 is 1.14 bits per heavy atom. The van der Waals surface area contributed by atoms with Gasteiger partial charge in [0.15, 0.2) is 0 Å². The Hall–Kier alpha value is -1.03. The molecule has 252 valence electrons. The summed E-state index contributed by atoms with van der Waals surface area (Å²) in [6, 6.07) is 0. The van der Waals surface area contributed by atoms with E-state index in [0.29, 0.717) is 31.3 Å². The lowest BCUT2D eigenvalue weighted by Gasteiger charge is -2.22. The normalized spacial score (nSPS) is 24.0. The Balaban J connectivity index is 1.45. The molecule has 0 radical (unpaired) electrons. The first kappa shape index (κ1) is 38.2. The Kier molecular flexibility index (Phi) is 19.9. The molecule has 1 fully saturated rings. The average Bonchev–Trinajstić information content (AvgIpc) is 3.58. The van der Waals surface area contributed by atoms with Gasteiger partial charge in [-0.1, -0.05) is 90.4 Å². The molecular weight excluding hydrogens is 548 g/mol. The van der Waals surface area contributed by atoms with Crippen molar-refractivity contribution in [1.29, 1.82) is 0 Å². The Morgan fingerprint density at radius 1 is 0.674 bits per heavy atom. The SMILES string of the molecule is CCCCCCCCCCCCC(O)C1CCC(C(O)CCCCCC(O)CC(O)CCC(O)CC2=CC(C)OC2=O)O1. The van der Waals surface area contributed by atoms with Crippen molar-refractivity contribution in [2.75, 3.05) is 0 Å². The minimum absolute atomic E-state index is 0.166. The van der Waals surface area contributed by atoms with Crippen LogP contribution in [0.2, 0.25) is 0 Å². The third kappa shape index (κ3) is 16.7. The number of cyclic esters (lactones) is 1. The molecule has 2 heterocycles. The summed E-state index contributed by atoms with van der Waals surface area (Å²) in [5.41, 5.74) is 0.483. The van der Waals surface area contributed by atoms with E-state index in [2.05, 4.69) is 6.92 Å². The predicted molar refractivity (Wildman–Crippen MR) is 170 cm³/mol. The van der Waals surface area contributed by atoms with Gasteiger partial charge in [0.05, 0.1) is 42.7 Å². The first-order valence-corrected chi connectivity index (χ1v) is 17.7. The topological polar surface area (TPSA) is 137 Å². The third-order valence-corrected chi connectivity index (χ3v) is 9.16. The average molecular weight is 613 g/mol. The van der Waals surface area contributed by atoms with E-state index in [1.165, 1.54) is 57.8 Å². The maximum atomic E-state index is 11.7. The monoisotopic (exact) mass is 612 g/mol. The molecule has 0 aliphatic carbocycles. The van der Waals surface area contributed by atoms with E-state index < -0.39 is 30.5 Å². The molecule has 0 aromatic carbocycles. The first-order valence-electron chi connectivity index (χ1n) is 17.7. The second-order valence-corrected chi connectivity index (χ2v) is 13.3. The van der Waals surface area contributed by atoms with Crippen molar-refractivity contribution in [3.05, 3.63) is 11.6 Å².